The monoisotopic (exact) mass is 374 g/mol. The normalized spacial score (nSPS) is 12.6. The molecule has 0 aliphatic heterocycles. The largest absolute Gasteiger partial charge is 0.457 e. The Labute approximate surface area is 145 Å². The van der Waals surface area contributed by atoms with Crippen molar-refractivity contribution in [3.63, 3.8) is 0 Å². The van der Waals surface area contributed by atoms with E-state index in [9.17, 15) is 26.7 Å². The minimum atomic E-state index is -4.71. The third-order valence-corrected chi connectivity index (χ3v) is 3.38. The van der Waals surface area contributed by atoms with Crippen molar-refractivity contribution >= 4 is 5.91 Å². The van der Waals surface area contributed by atoms with E-state index in [1.54, 1.807) is 0 Å². The number of alkyl halides is 3. The Kier molecular flexibility index (Phi) is 5.81. The quantitative estimate of drug-likeness (QED) is 0.784. The van der Waals surface area contributed by atoms with Crippen LogP contribution >= 0.6 is 0 Å². The van der Waals surface area contributed by atoms with Crippen LogP contribution in [-0.2, 0) is 17.5 Å². The number of carbonyl (C=O) groups excluding carboxylic acids is 1. The summed E-state index contributed by atoms with van der Waals surface area (Å²) in [5.74, 6) is -3.26. The van der Waals surface area contributed by atoms with Gasteiger partial charge in [-0.05, 0) is 36.8 Å². The lowest BCUT2D eigenvalue weighted by atomic mass is 10.1. The molecule has 0 aromatic heterocycles. The molecule has 2 aromatic carbocycles. The van der Waals surface area contributed by atoms with Crippen LogP contribution in [-0.4, -0.2) is 11.9 Å². The Hall–Kier alpha value is -2.68. The number of ether oxygens (including phenoxy) is 1. The van der Waals surface area contributed by atoms with E-state index in [0.29, 0.717) is 6.07 Å². The Bertz CT molecular complexity index is 806. The first-order chi connectivity index (χ1) is 12.1. The van der Waals surface area contributed by atoms with Crippen molar-refractivity contribution in [3.05, 3.63) is 59.2 Å². The molecule has 0 fully saturated rings. The summed E-state index contributed by atoms with van der Waals surface area (Å²) in [7, 11) is 0. The van der Waals surface area contributed by atoms with Gasteiger partial charge in [0.1, 0.15) is 11.5 Å². The lowest BCUT2D eigenvalue weighted by Gasteiger charge is -2.16. The first-order valence-electron chi connectivity index (χ1n) is 7.44. The summed E-state index contributed by atoms with van der Waals surface area (Å²) >= 11 is 0. The topological polar surface area (TPSA) is 64.4 Å². The molecule has 1 atom stereocenters. The molecule has 1 amide bonds. The molecule has 2 aromatic rings. The average Bonchev–Trinajstić information content (AvgIpc) is 2.55. The van der Waals surface area contributed by atoms with Crippen LogP contribution in [0.2, 0.25) is 0 Å². The summed E-state index contributed by atoms with van der Waals surface area (Å²) in [4.78, 5) is 11.4. The fourth-order valence-corrected chi connectivity index (χ4v) is 2.06. The Morgan fingerprint density at radius 1 is 1.12 bits per heavy atom. The molecule has 0 aliphatic rings. The van der Waals surface area contributed by atoms with Gasteiger partial charge >= 0.3 is 6.18 Å². The molecule has 0 bridgehead atoms. The number of benzene rings is 2. The van der Waals surface area contributed by atoms with Crippen molar-refractivity contribution in [2.45, 2.75) is 25.7 Å². The van der Waals surface area contributed by atoms with Crippen molar-refractivity contribution in [1.29, 1.82) is 0 Å². The van der Waals surface area contributed by atoms with Gasteiger partial charge in [-0.1, -0.05) is 6.07 Å². The van der Waals surface area contributed by atoms with Gasteiger partial charge in [0.05, 0.1) is 11.6 Å². The zero-order valence-electron chi connectivity index (χ0n) is 13.5. The second-order valence-corrected chi connectivity index (χ2v) is 5.50. The highest BCUT2D eigenvalue weighted by Crippen LogP contribution is 2.35. The summed E-state index contributed by atoms with van der Waals surface area (Å²) < 4.78 is 71.0. The lowest BCUT2D eigenvalue weighted by molar-refractivity contribution is -0.138. The van der Waals surface area contributed by atoms with Crippen LogP contribution in [0.5, 0.6) is 11.5 Å². The van der Waals surface area contributed by atoms with Crippen molar-refractivity contribution < 1.29 is 31.5 Å². The maximum Gasteiger partial charge on any atom is 0.416 e. The van der Waals surface area contributed by atoms with Crippen molar-refractivity contribution in [2.75, 3.05) is 0 Å². The maximum absolute atomic E-state index is 13.3. The molecule has 0 unspecified atom stereocenters. The molecule has 0 saturated heterocycles. The van der Waals surface area contributed by atoms with Gasteiger partial charge in [-0.3, -0.25) is 4.79 Å². The summed E-state index contributed by atoms with van der Waals surface area (Å²) in [6, 6.07) is 4.81. The van der Waals surface area contributed by atoms with Gasteiger partial charge in [0.25, 0.3) is 0 Å². The number of halogens is 5. The van der Waals surface area contributed by atoms with E-state index in [-0.39, 0.29) is 23.6 Å². The number of hydrogen-bond acceptors (Lipinski definition) is 3. The van der Waals surface area contributed by atoms with Gasteiger partial charge in [-0.15, -0.1) is 0 Å². The minimum Gasteiger partial charge on any atom is -0.457 e. The first-order valence-corrected chi connectivity index (χ1v) is 7.44. The minimum absolute atomic E-state index is 0.157. The molecule has 140 valence electrons. The van der Waals surface area contributed by atoms with Gasteiger partial charge in [-0.2, -0.15) is 13.2 Å². The third kappa shape index (κ3) is 4.92. The molecule has 3 N–H and O–H groups in total. The lowest BCUT2D eigenvalue weighted by Crippen LogP contribution is -2.38. The molecule has 4 nitrogen and oxygen atoms in total. The van der Waals surface area contributed by atoms with Crippen molar-refractivity contribution in [3.8, 4) is 11.5 Å². The fourth-order valence-electron chi connectivity index (χ4n) is 2.06. The average molecular weight is 374 g/mol. The van der Waals surface area contributed by atoms with Crippen LogP contribution in [0.3, 0.4) is 0 Å². The first kappa shape index (κ1) is 19.6. The van der Waals surface area contributed by atoms with E-state index in [2.05, 4.69) is 5.32 Å². The number of nitrogens with two attached hydrogens (primary N) is 1. The Morgan fingerprint density at radius 2 is 1.73 bits per heavy atom. The van der Waals surface area contributed by atoms with E-state index in [4.69, 9.17) is 10.5 Å². The highest BCUT2D eigenvalue weighted by atomic mass is 19.4. The third-order valence-electron chi connectivity index (χ3n) is 3.38. The van der Waals surface area contributed by atoms with Gasteiger partial charge < -0.3 is 15.8 Å². The predicted octanol–water partition coefficient (Wildman–Crippen LogP) is 3.74. The van der Waals surface area contributed by atoms with E-state index in [1.165, 1.54) is 13.0 Å². The van der Waals surface area contributed by atoms with E-state index >= 15 is 0 Å². The SMILES string of the molecule is C[C@H](N)C(=O)NCc1ccc(Oc2ccc(F)c(F)c2)cc1C(F)(F)F. The van der Waals surface area contributed by atoms with Gasteiger partial charge in [0.15, 0.2) is 11.6 Å². The van der Waals surface area contributed by atoms with Crippen LogP contribution in [0.25, 0.3) is 0 Å². The van der Waals surface area contributed by atoms with Gasteiger partial charge in [0.2, 0.25) is 5.91 Å². The molecule has 0 heterocycles. The molecule has 9 heteroatoms. The molecule has 0 saturated carbocycles. The summed E-state index contributed by atoms with van der Waals surface area (Å²) in [5.41, 5.74) is 4.13. The second-order valence-electron chi connectivity index (χ2n) is 5.50. The Balaban J connectivity index is 2.27. The van der Waals surface area contributed by atoms with Crippen LogP contribution in [0, 0.1) is 11.6 Å². The zero-order chi connectivity index (χ0) is 19.5. The van der Waals surface area contributed by atoms with Crippen LogP contribution in [0.15, 0.2) is 36.4 Å². The smallest absolute Gasteiger partial charge is 0.416 e. The number of nitrogens with one attached hydrogen (secondary N) is 1. The van der Waals surface area contributed by atoms with Gasteiger partial charge in [0, 0.05) is 12.6 Å². The van der Waals surface area contributed by atoms with E-state index in [1.807, 2.05) is 0 Å². The fraction of sp³-hybridized carbons (Fsp3) is 0.235. The summed E-state index contributed by atoms with van der Waals surface area (Å²) in [6.45, 7) is 1.03. The predicted molar refractivity (Wildman–Crippen MR) is 83.4 cm³/mol. The standard InChI is InChI=1S/C17H15F5N2O2/c1-9(23)16(25)24-8-10-2-3-11(6-13(10)17(20,21)22)26-12-4-5-14(18)15(19)7-12/h2-7,9H,8,23H2,1H3,(H,24,25)/t9-/m0/s1. The highest BCUT2D eigenvalue weighted by Gasteiger charge is 2.34. The highest BCUT2D eigenvalue weighted by molar-refractivity contribution is 5.80. The van der Waals surface area contributed by atoms with E-state index in [0.717, 1.165) is 24.3 Å². The van der Waals surface area contributed by atoms with Crippen LogP contribution in [0.4, 0.5) is 22.0 Å². The zero-order valence-corrected chi connectivity index (χ0v) is 13.5. The molecular weight excluding hydrogens is 359 g/mol. The maximum atomic E-state index is 13.3. The van der Waals surface area contributed by atoms with E-state index < -0.39 is 35.3 Å². The second kappa shape index (κ2) is 7.69. The molecule has 0 radical (unpaired) electrons. The number of hydrogen-bond donors (Lipinski definition) is 2. The molecule has 2 rings (SSSR count). The van der Waals surface area contributed by atoms with Crippen molar-refractivity contribution in [2.24, 2.45) is 5.73 Å². The Morgan fingerprint density at radius 3 is 2.31 bits per heavy atom. The number of amides is 1. The van der Waals surface area contributed by atoms with Gasteiger partial charge in [-0.25, -0.2) is 8.78 Å². The van der Waals surface area contributed by atoms with Crippen LogP contribution < -0.4 is 15.8 Å². The molecule has 0 spiro atoms. The number of rotatable bonds is 5. The molecule has 26 heavy (non-hydrogen) atoms. The van der Waals surface area contributed by atoms with Crippen molar-refractivity contribution in [1.82, 2.24) is 5.32 Å². The molecule has 0 aliphatic carbocycles. The summed E-state index contributed by atoms with van der Waals surface area (Å²) in [5, 5.41) is 2.30. The van der Waals surface area contributed by atoms with Crippen LogP contribution in [0.1, 0.15) is 18.1 Å². The summed E-state index contributed by atoms with van der Waals surface area (Å²) in [6.07, 6.45) is -4.71. The molecular formula is C17H15F5N2O2. The number of carbonyl (C=O) groups is 1.